The molecule has 2 fully saturated rings. The second-order valence-corrected chi connectivity index (χ2v) is 13.3. The Kier molecular flexibility index (Phi) is 7.36. The summed E-state index contributed by atoms with van der Waals surface area (Å²) in [6, 6.07) is 17.5. The van der Waals surface area contributed by atoms with Crippen LogP contribution in [-0.4, -0.2) is 74.0 Å². The van der Waals surface area contributed by atoms with Gasteiger partial charge in [-0.15, -0.1) is 11.3 Å². The molecular weight excluding hydrogens is 546 g/mol. The minimum Gasteiger partial charge on any atom is -0.480 e. The molecule has 1 saturated carbocycles. The van der Waals surface area contributed by atoms with Gasteiger partial charge in [-0.25, -0.2) is 8.42 Å². The summed E-state index contributed by atoms with van der Waals surface area (Å²) in [4.78, 5) is 29.9. The Morgan fingerprint density at radius 1 is 1.08 bits per heavy atom. The molecule has 1 aliphatic heterocycles. The molecule has 2 aliphatic rings. The summed E-state index contributed by atoms with van der Waals surface area (Å²) in [6.07, 6.45) is 0.353. The first kappa shape index (κ1) is 26.8. The zero-order chi connectivity index (χ0) is 27.1. The van der Waals surface area contributed by atoms with Crippen molar-refractivity contribution in [2.24, 2.45) is 0 Å². The second kappa shape index (κ2) is 10.4. The molecule has 8 nitrogen and oxygen atoms in total. The number of likely N-dealkylation sites (N-methyl/N-ethyl adjacent to an activating group) is 1. The Morgan fingerprint density at radius 2 is 1.79 bits per heavy atom. The highest BCUT2D eigenvalue weighted by atomic mass is 35.5. The molecule has 1 amide bonds. The van der Waals surface area contributed by atoms with E-state index in [1.807, 2.05) is 24.1 Å². The molecule has 38 heavy (non-hydrogen) atoms. The molecule has 5 rings (SSSR count). The number of halogens is 1. The first-order valence-corrected chi connectivity index (χ1v) is 14.9. The van der Waals surface area contributed by atoms with Crippen LogP contribution >= 0.6 is 22.9 Å². The fraction of sp³-hybridized carbons (Fsp3) is 0.333. The lowest BCUT2D eigenvalue weighted by molar-refractivity contribution is -0.140. The number of nitrogens with zero attached hydrogens (tertiary/aromatic N) is 2. The van der Waals surface area contributed by atoms with Gasteiger partial charge in [0.2, 0.25) is 5.91 Å². The van der Waals surface area contributed by atoms with Gasteiger partial charge in [-0.05, 0) is 54.4 Å². The van der Waals surface area contributed by atoms with E-state index in [4.69, 9.17) is 11.6 Å². The van der Waals surface area contributed by atoms with E-state index >= 15 is 0 Å². The topological polar surface area (TPSA) is 107 Å². The Morgan fingerprint density at radius 3 is 2.47 bits per heavy atom. The molecule has 2 aromatic carbocycles. The molecule has 2 atom stereocenters. The minimum atomic E-state index is -4.09. The Bertz CT molecular complexity index is 1470. The zero-order valence-electron chi connectivity index (χ0n) is 20.8. The lowest BCUT2D eigenvalue weighted by Crippen LogP contribution is -2.47. The molecular formula is C27H28ClN3O5S2. The second-order valence-electron chi connectivity index (χ2n) is 9.87. The van der Waals surface area contributed by atoms with Crippen molar-refractivity contribution < 1.29 is 23.1 Å². The normalized spacial score (nSPS) is 21.8. The summed E-state index contributed by atoms with van der Waals surface area (Å²) >= 11 is 7.01. The minimum absolute atomic E-state index is 0.0328. The van der Waals surface area contributed by atoms with Gasteiger partial charge < -0.3 is 14.9 Å². The molecule has 0 unspecified atom stereocenters. The Hall–Kier alpha value is -2.76. The van der Waals surface area contributed by atoms with Gasteiger partial charge >= 0.3 is 5.97 Å². The summed E-state index contributed by atoms with van der Waals surface area (Å²) in [6.45, 7) is 3.04. The van der Waals surface area contributed by atoms with Gasteiger partial charge in [0.1, 0.15) is 9.75 Å². The molecule has 0 spiro atoms. The van der Waals surface area contributed by atoms with Crippen molar-refractivity contribution in [1.82, 2.24) is 14.5 Å². The number of carboxylic acid groups (broad SMARTS) is 1. The number of thiophene rings is 1. The highest BCUT2D eigenvalue weighted by Gasteiger charge is 2.63. The van der Waals surface area contributed by atoms with E-state index in [-0.39, 0.29) is 23.0 Å². The van der Waals surface area contributed by atoms with E-state index in [1.165, 1.54) is 6.07 Å². The number of amides is 1. The average Bonchev–Trinajstić information content (AvgIpc) is 3.37. The Labute approximate surface area is 230 Å². The van der Waals surface area contributed by atoms with Crippen LogP contribution in [0.3, 0.4) is 0 Å². The first-order chi connectivity index (χ1) is 18.1. The van der Waals surface area contributed by atoms with Crippen LogP contribution in [0.15, 0.2) is 64.9 Å². The monoisotopic (exact) mass is 573 g/mol. The lowest BCUT2D eigenvalue weighted by atomic mass is 10.0. The van der Waals surface area contributed by atoms with Crippen molar-refractivity contribution in [3.63, 3.8) is 0 Å². The number of carboxylic acids is 1. The highest BCUT2D eigenvalue weighted by Crippen LogP contribution is 2.53. The van der Waals surface area contributed by atoms with E-state index in [2.05, 4.69) is 9.62 Å². The summed E-state index contributed by atoms with van der Waals surface area (Å²) in [7, 11) is -2.06. The fourth-order valence-corrected chi connectivity index (χ4v) is 7.69. The molecule has 2 heterocycles. The summed E-state index contributed by atoms with van der Waals surface area (Å²) < 4.78 is 29.0. The van der Waals surface area contributed by atoms with E-state index in [0.29, 0.717) is 23.7 Å². The molecule has 0 bridgehead atoms. The average molecular weight is 574 g/mol. The molecule has 11 heteroatoms. The van der Waals surface area contributed by atoms with Gasteiger partial charge in [0, 0.05) is 42.0 Å². The fourth-order valence-electron chi connectivity index (χ4n) is 4.84. The van der Waals surface area contributed by atoms with Crippen molar-refractivity contribution >= 4 is 44.8 Å². The van der Waals surface area contributed by atoms with Crippen molar-refractivity contribution in [1.29, 1.82) is 0 Å². The highest BCUT2D eigenvalue weighted by molar-refractivity contribution is 7.91. The van der Waals surface area contributed by atoms with Crippen LogP contribution in [0.1, 0.15) is 23.5 Å². The maximum Gasteiger partial charge on any atom is 0.325 e. The standard InChI is InChI=1S/C27H28ClN3O5S2/c1-30-11-13-31(14-12-30)24(32)16-18-3-2-4-20(15-18)22-17-27(22,26(33)34)29-38(35,36)25-10-9-23(37-25)19-5-7-21(28)8-6-19/h2-10,15,22,29H,11-14,16-17H2,1H3,(H,33,34)/t22-,27+/m0/s1. The largest absolute Gasteiger partial charge is 0.480 e. The molecule has 200 valence electrons. The van der Waals surface area contributed by atoms with Crippen molar-refractivity contribution in [2.75, 3.05) is 33.2 Å². The third-order valence-corrected chi connectivity index (χ3v) is 10.6. The predicted molar refractivity (Wildman–Crippen MR) is 147 cm³/mol. The van der Waals surface area contributed by atoms with E-state index in [9.17, 15) is 23.1 Å². The van der Waals surface area contributed by atoms with E-state index < -0.39 is 27.4 Å². The van der Waals surface area contributed by atoms with Gasteiger partial charge in [-0.2, -0.15) is 4.72 Å². The third kappa shape index (κ3) is 5.50. The van der Waals surface area contributed by atoms with Gasteiger partial charge in [-0.1, -0.05) is 48.0 Å². The predicted octanol–water partition coefficient (Wildman–Crippen LogP) is 3.67. The van der Waals surface area contributed by atoms with E-state index in [0.717, 1.165) is 40.4 Å². The van der Waals surface area contributed by atoms with Crippen LogP contribution in [0.25, 0.3) is 10.4 Å². The number of carbonyl (C=O) groups excluding carboxylic acids is 1. The maximum atomic E-state index is 13.2. The van der Waals surface area contributed by atoms with Gasteiger partial charge in [0.15, 0.2) is 0 Å². The van der Waals surface area contributed by atoms with Crippen LogP contribution in [0.5, 0.6) is 0 Å². The number of piperazine rings is 1. The molecule has 0 radical (unpaired) electrons. The smallest absolute Gasteiger partial charge is 0.325 e. The number of hydrogen-bond donors (Lipinski definition) is 2. The number of hydrogen-bond acceptors (Lipinski definition) is 6. The van der Waals surface area contributed by atoms with Crippen LogP contribution in [-0.2, 0) is 26.0 Å². The van der Waals surface area contributed by atoms with Crippen LogP contribution in [0.2, 0.25) is 5.02 Å². The quantitative estimate of drug-likeness (QED) is 0.426. The van der Waals surface area contributed by atoms with Gasteiger partial charge in [0.05, 0.1) is 6.42 Å². The molecule has 1 saturated heterocycles. The molecule has 3 aromatic rings. The number of rotatable bonds is 8. The Balaban J connectivity index is 1.31. The summed E-state index contributed by atoms with van der Waals surface area (Å²) in [5.41, 5.74) is 0.669. The maximum absolute atomic E-state index is 13.2. The van der Waals surface area contributed by atoms with Gasteiger partial charge in [-0.3, -0.25) is 9.59 Å². The number of carbonyl (C=O) groups is 2. The molecule has 2 N–H and O–H groups in total. The molecule has 1 aliphatic carbocycles. The van der Waals surface area contributed by atoms with Crippen molar-refractivity contribution in [3.8, 4) is 10.4 Å². The summed E-state index contributed by atoms with van der Waals surface area (Å²) in [5, 5.41) is 10.6. The van der Waals surface area contributed by atoms with Crippen LogP contribution in [0.4, 0.5) is 0 Å². The molecule has 1 aromatic heterocycles. The van der Waals surface area contributed by atoms with Crippen LogP contribution in [0, 0.1) is 0 Å². The SMILES string of the molecule is CN1CCN(C(=O)Cc2cccc([C@@H]3C[C@]3(NS(=O)(=O)c3ccc(-c4ccc(Cl)cc4)s3)C(=O)O)c2)CC1. The van der Waals surface area contributed by atoms with Crippen LogP contribution < -0.4 is 4.72 Å². The first-order valence-electron chi connectivity index (χ1n) is 12.3. The van der Waals surface area contributed by atoms with E-state index in [1.54, 1.807) is 42.5 Å². The number of sulfonamides is 1. The zero-order valence-corrected chi connectivity index (χ0v) is 23.2. The summed E-state index contributed by atoms with van der Waals surface area (Å²) in [5.74, 6) is -1.73. The number of aliphatic carboxylic acids is 1. The third-order valence-electron chi connectivity index (χ3n) is 7.20. The van der Waals surface area contributed by atoms with Crippen molar-refractivity contribution in [3.05, 3.63) is 76.8 Å². The van der Waals surface area contributed by atoms with Crippen molar-refractivity contribution in [2.45, 2.75) is 28.5 Å². The lowest BCUT2D eigenvalue weighted by Gasteiger charge is -2.32. The number of benzene rings is 2. The van der Waals surface area contributed by atoms with Gasteiger partial charge in [0.25, 0.3) is 10.0 Å². The number of nitrogens with one attached hydrogen (secondary N) is 1.